The zero-order chi connectivity index (χ0) is 10.2. The van der Waals surface area contributed by atoms with Crippen LogP contribution in [0.1, 0.15) is 5.82 Å². The van der Waals surface area contributed by atoms with E-state index in [1.807, 2.05) is 0 Å². The zero-order valence-corrected chi connectivity index (χ0v) is 8.00. The SMILES string of the molecule is O=P(O)(O)Cc1nnc2ccccn12. The highest BCUT2D eigenvalue weighted by Crippen LogP contribution is 2.38. The minimum absolute atomic E-state index is 0.272. The Hall–Kier alpha value is -1.23. The molecule has 14 heavy (non-hydrogen) atoms. The van der Waals surface area contributed by atoms with Crippen LogP contribution in [0.5, 0.6) is 0 Å². The fourth-order valence-corrected chi connectivity index (χ4v) is 1.77. The van der Waals surface area contributed by atoms with Crippen LogP contribution in [0.25, 0.3) is 5.65 Å². The average Bonchev–Trinajstić information content (AvgIpc) is 2.47. The second-order valence-electron chi connectivity index (χ2n) is 2.87. The first kappa shape index (κ1) is 9.33. The second-order valence-corrected chi connectivity index (χ2v) is 4.51. The lowest BCUT2D eigenvalue weighted by atomic mass is 10.5. The molecule has 7 heteroatoms. The summed E-state index contributed by atoms with van der Waals surface area (Å²) in [6.45, 7) is 0. The fourth-order valence-electron chi connectivity index (χ4n) is 1.18. The van der Waals surface area contributed by atoms with Crippen LogP contribution in [0, 0.1) is 0 Å². The summed E-state index contributed by atoms with van der Waals surface area (Å²) in [6.07, 6.45) is 1.28. The lowest BCUT2D eigenvalue weighted by Gasteiger charge is -2.01. The number of hydrogen-bond acceptors (Lipinski definition) is 3. The van der Waals surface area contributed by atoms with Crippen molar-refractivity contribution in [2.45, 2.75) is 6.16 Å². The maximum absolute atomic E-state index is 10.8. The van der Waals surface area contributed by atoms with E-state index in [2.05, 4.69) is 10.2 Å². The molecule has 2 aromatic heterocycles. The maximum atomic E-state index is 10.8. The molecule has 6 nitrogen and oxygen atoms in total. The summed E-state index contributed by atoms with van der Waals surface area (Å²) in [6, 6.07) is 5.25. The molecule has 0 saturated heterocycles. The van der Waals surface area contributed by atoms with Gasteiger partial charge in [0.05, 0.1) is 0 Å². The second kappa shape index (κ2) is 3.16. The highest BCUT2D eigenvalue weighted by Gasteiger charge is 2.18. The number of nitrogens with zero attached hydrogens (tertiary/aromatic N) is 3. The molecule has 0 fully saturated rings. The van der Waals surface area contributed by atoms with Crippen LogP contribution >= 0.6 is 7.60 Å². The van der Waals surface area contributed by atoms with Crippen molar-refractivity contribution < 1.29 is 14.4 Å². The monoisotopic (exact) mass is 213 g/mol. The van der Waals surface area contributed by atoms with Gasteiger partial charge in [0, 0.05) is 6.20 Å². The standard InChI is InChI=1S/C7H8N3O3P/c11-14(12,13)5-7-9-8-6-3-1-2-4-10(6)7/h1-4H,5H2,(H2,11,12,13). The predicted octanol–water partition coefficient (Wildman–Crippen LogP) is 0.407. The molecule has 2 heterocycles. The van der Waals surface area contributed by atoms with Gasteiger partial charge in [0.15, 0.2) is 5.65 Å². The average molecular weight is 213 g/mol. The topological polar surface area (TPSA) is 87.7 Å². The molecule has 0 aliphatic rings. The largest absolute Gasteiger partial charge is 0.333 e. The number of fused-ring (bicyclic) bond motifs is 1. The van der Waals surface area contributed by atoms with Gasteiger partial charge in [-0.2, -0.15) is 0 Å². The van der Waals surface area contributed by atoms with E-state index in [0.717, 1.165) is 0 Å². The first-order valence-electron chi connectivity index (χ1n) is 3.89. The third-order valence-corrected chi connectivity index (χ3v) is 2.43. The molecule has 0 spiro atoms. The first-order chi connectivity index (χ1) is 6.56. The van der Waals surface area contributed by atoms with Gasteiger partial charge < -0.3 is 9.79 Å². The van der Waals surface area contributed by atoms with Crippen LogP contribution in [0.3, 0.4) is 0 Å². The van der Waals surface area contributed by atoms with Crippen molar-refractivity contribution in [1.82, 2.24) is 14.6 Å². The van der Waals surface area contributed by atoms with E-state index in [1.165, 1.54) is 0 Å². The smallest absolute Gasteiger partial charge is 0.324 e. The van der Waals surface area contributed by atoms with E-state index in [9.17, 15) is 4.57 Å². The molecule has 2 rings (SSSR count). The van der Waals surface area contributed by atoms with Crippen LogP contribution in [-0.2, 0) is 10.7 Å². The third-order valence-electron chi connectivity index (χ3n) is 1.73. The van der Waals surface area contributed by atoms with Crippen molar-refractivity contribution in [2.75, 3.05) is 0 Å². The van der Waals surface area contributed by atoms with Gasteiger partial charge in [-0.3, -0.25) is 8.97 Å². The van der Waals surface area contributed by atoms with Crippen molar-refractivity contribution in [3.05, 3.63) is 30.2 Å². The van der Waals surface area contributed by atoms with Crippen LogP contribution in [0.4, 0.5) is 0 Å². The maximum Gasteiger partial charge on any atom is 0.333 e. The summed E-state index contributed by atoms with van der Waals surface area (Å²) >= 11 is 0. The van der Waals surface area contributed by atoms with E-state index in [4.69, 9.17) is 9.79 Å². The van der Waals surface area contributed by atoms with Gasteiger partial charge in [-0.05, 0) is 12.1 Å². The van der Waals surface area contributed by atoms with E-state index in [-0.39, 0.29) is 5.82 Å². The normalized spacial score (nSPS) is 12.1. The van der Waals surface area contributed by atoms with Crippen molar-refractivity contribution in [3.8, 4) is 0 Å². The van der Waals surface area contributed by atoms with Crippen molar-refractivity contribution >= 4 is 13.2 Å². The molecule has 0 atom stereocenters. The number of pyridine rings is 1. The Morgan fingerprint density at radius 1 is 1.36 bits per heavy atom. The lowest BCUT2D eigenvalue weighted by Crippen LogP contribution is -1.94. The van der Waals surface area contributed by atoms with Gasteiger partial charge >= 0.3 is 7.60 Å². The molecule has 2 aromatic rings. The highest BCUT2D eigenvalue weighted by atomic mass is 31.2. The lowest BCUT2D eigenvalue weighted by molar-refractivity contribution is 0.370. The van der Waals surface area contributed by atoms with Crippen molar-refractivity contribution in [2.24, 2.45) is 0 Å². The van der Waals surface area contributed by atoms with E-state index in [1.54, 1.807) is 28.8 Å². The van der Waals surface area contributed by atoms with Crippen LogP contribution in [-0.4, -0.2) is 24.4 Å². The van der Waals surface area contributed by atoms with E-state index < -0.39 is 13.8 Å². The molecule has 0 unspecified atom stereocenters. The molecule has 2 N–H and O–H groups in total. The summed E-state index contributed by atoms with van der Waals surface area (Å²) in [5.74, 6) is 0.272. The Kier molecular flexibility index (Phi) is 2.11. The number of rotatable bonds is 2. The quantitative estimate of drug-likeness (QED) is 0.705. The molecule has 0 aromatic carbocycles. The predicted molar refractivity (Wildman–Crippen MR) is 48.7 cm³/mol. The molecule has 0 radical (unpaired) electrons. The minimum Gasteiger partial charge on any atom is -0.324 e. The summed E-state index contributed by atoms with van der Waals surface area (Å²) in [7, 11) is -4.08. The van der Waals surface area contributed by atoms with Gasteiger partial charge in [0.1, 0.15) is 12.0 Å². The summed E-state index contributed by atoms with van der Waals surface area (Å²) < 4.78 is 12.3. The van der Waals surface area contributed by atoms with Gasteiger partial charge in [-0.15, -0.1) is 10.2 Å². The number of aromatic nitrogens is 3. The zero-order valence-electron chi connectivity index (χ0n) is 7.11. The number of hydrogen-bond donors (Lipinski definition) is 2. The van der Waals surface area contributed by atoms with Crippen LogP contribution in [0.15, 0.2) is 24.4 Å². The Balaban J connectivity index is 2.49. The van der Waals surface area contributed by atoms with E-state index in [0.29, 0.717) is 5.65 Å². The molecule has 74 valence electrons. The minimum atomic E-state index is -4.08. The Bertz CT molecular complexity index is 504. The Morgan fingerprint density at radius 2 is 2.14 bits per heavy atom. The summed E-state index contributed by atoms with van der Waals surface area (Å²) in [5, 5.41) is 7.47. The molecule has 0 bridgehead atoms. The van der Waals surface area contributed by atoms with E-state index >= 15 is 0 Å². The summed E-state index contributed by atoms with van der Waals surface area (Å²) in [4.78, 5) is 17.6. The van der Waals surface area contributed by atoms with Crippen molar-refractivity contribution in [1.29, 1.82) is 0 Å². The van der Waals surface area contributed by atoms with Crippen LogP contribution < -0.4 is 0 Å². The first-order valence-corrected chi connectivity index (χ1v) is 5.69. The molecule has 0 aliphatic carbocycles. The fraction of sp³-hybridized carbons (Fsp3) is 0.143. The molecule has 0 aliphatic heterocycles. The van der Waals surface area contributed by atoms with Gasteiger partial charge in [0.25, 0.3) is 0 Å². The molecule has 0 amide bonds. The molecule has 0 saturated carbocycles. The molecular weight excluding hydrogens is 205 g/mol. The summed E-state index contributed by atoms with van der Waals surface area (Å²) in [5.41, 5.74) is 0.580. The highest BCUT2D eigenvalue weighted by molar-refractivity contribution is 7.50. The van der Waals surface area contributed by atoms with Crippen molar-refractivity contribution in [3.63, 3.8) is 0 Å². The van der Waals surface area contributed by atoms with Gasteiger partial charge in [-0.25, -0.2) is 0 Å². The third kappa shape index (κ3) is 1.82. The van der Waals surface area contributed by atoms with Gasteiger partial charge in [0.2, 0.25) is 0 Å². The van der Waals surface area contributed by atoms with Crippen LogP contribution in [0.2, 0.25) is 0 Å². The van der Waals surface area contributed by atoms with Gasteiger partial charge in [-0.1, -0.05) is 6.07 Å². The molecular formula is C7H8N3O3P. The Labute approximate surface area is 79.4 Å². The Morgan fingerprint density at radius 3 is 2.86 bits per heavy atom.